The van der Waals surface area contributed by atoms with E-state index in [4.69, 9.17) is 9.15 Å². The van der Waals surface area contributed by atoms with E-state index in [0.717, 1.165) is 11.3 Å². The van der Waals surface area contributed by atoms with E-state index in [9.17, 15) is 9.90 Å². The molecule has 27 heavy (non-hydrogen) atoms. The van der Waals surface area contributed by atoms with Crippen LogP contribution in [0.1, 0.15) is 30.0 Å². The number of furan rings is 1. The fraction of sp³-hybridized carbons (Fsp3) is 0.182. The van der Waals surface area contributed by atoms with Crippen LogP contribution in [0.3, 0.4) is 0 Å². The molecule has 138 valence electrons. The van der Waals surface area contributed by atoms with Crippen LogP contribution in [0, 0.1) is 5.92 Å². The van der Waals surface area contributed by atoms with Crippen LogP contribution < -0.4 is 0 Å². The lowest BCUT2D eigenvalue weighted by Gasteiger charge is -2.07. The highest BCUT2D eigenvalue weighted by molar-refractivity contribution is 5.90. The van der Waals surface area contributed by atoms with Crippen LogP contribution in [0.4, 0.5) is 5.69 Å². The van der Waals surface area contributed by atoms with Gasteiger partial charge < -0.3 is 14.3 Å². The fourth-order valence-electron chi connectivity index (χ4n) is 2.35. The fourth-order valence-corrected chi connectivity index (χ4v) is 2.35. The third-order valence-electron chi connectivity index (χ3n) is 3.77. The molecule has 0 fully saturated rings. The standard InChI is InChI=1S/C22H21NO4/c1-15(2)14-26-22(25)17-5-3-16(4-6-17)21-12-11-20(27-21)13-23-18-7-9-19(24)10-8-18/h3-13,15,24H,14H2,1-2H3. The number of ether oxygens (including phenoxy) is 1. The van der Waals surface area contributed by atoms with E-state index < -0.39 is 0 Å². The number of carbonyl (C=O) groups excluding carboxylic acids is 1. The lowest BCUT2D eigenvalue weighted by molar-refractivity contribution is 0.0459. The first-order valence-electron chi connectivity index (χ1n) is 8.72. The molecule has 3 rings (SSSR count). The smallest absolute Gasteiger partial charge is 0.338 e. The number of aliphatic imine (C=N–C) groups is 1. The zero-order chi connectivity index (χ0) is 19.2. The second-order valence-corrected chi connectivity index (χ2v) is 6.55. The monoisotopic (exact) mass is 363 g/mol. The quantitative estimate of drug-likeness (QED) is 0.482. The lowest BCUT2D eigenvalue weighted by Crippen LogP contribution is -2.09. The molecule has 0 saturated heterocycles. The number of phenols is 1. The highest BCUT2D eigenvalue weighted by atomic mass is 16.5. The van der Waals surface area contributed by atoms with Gasteiger partial charge in [-0.05, 0) is 54.4 Å². The number of aromatic hydroxyl groups is 1. The van der Waals surface area contributed by atoms with Crippen molar-refractivity contribution in [2.45, 2.75) is 13.8 Å². The normalized spacial score (nSPS) is 11.2. The van der Waals surface area contributed by atoms with Crippen molar-refractivity contribution in [3.63, 3.8) is 0 Å². The summed E-state index contributed by atoms with van der Waals surface area (Å²) in [6.07, 6.45) is 1.62. The molecule has 0 unspecified atom stereocenters. The number of esters is 1. The number of hydrogen-bond acceptors (Lipinski definition) is 5. The maximum atomic E-state index is 12.0. The van der Waals surface area contributed by atoms with Gasteiger partial charge in [-0.3, -0.25) is 4.99 Å². The Morgan fingerprint density at radius 3 is 2.44 bits per heavy atom. The minimum atomic E-state index is -0.323. The third-order valence-corrected chi connectivity index (χ3v) is 3.77. The van der Waals surface area contributed by atoms with E-state index in [1.807, 2.05) is 38.1 Å². The lowest BCUT2D eigenvalue weighted by atomic mass is 10.1. The van der Waals surface area contributed by atoms with Crippen LogP contribution in [-0.4, -0.2) is 23.9 Å². The van der Waals surface area contributed by atoms with Crippen molar-refractivity contribution < 1.29 is 19.1 Å². The Hall–Kier alpha value is -3.34. The Labute approximate surface area is 157 Å². The van der Waals surface area contributed by atoms with Gasteiger partial charge in [0.15, 0.2) is 0 Å². The minimum Gasteiger partial charge on any atom is -0.508 e. The number of rotatable bonds is 6. The van der Waals surface area contributed by atoms with Gasteiger partial charge in [-0.1, -0.05) is 26.0 Å². The van der Waals surface area contributed by atoms with Gasteiger partial charge in [0.05, 0.1) is 24.1 Å². The maximum absolute atomic E-state index is 12.0. The molecule has 5 nitrogen and oxygen atoms in total. The van der Waals surface area contributed by atoms with E-state index >= 15 is 0 Å². The summed E-state index contributed by atoms with van der Waals surface area (Å²) in [6, 6.07) is 17.4. The van der Waals surface area contributed by atoms with Crippen molar-refractivity contribution in [3.8, 4) is 17.1 Å². The second kappa shape index (κ2) is 8.36. The number of benzene rings is 2. The first kappa shape index (κ1) is 18.5. The molecule has 0 aliphatic carbocycles. The summed E-state index contributed by atoms with van der Waals surface area (Å²) in [6.45, 7) is 4.40. The summed E-state index contributed by atoms with van der Waals surface area (Å²) in [5, 5.41) is 9.28. The van der Waals surface area contributed by atoms with Gasteiger partial charge in [-0.2, -0.15) is 0 Å². The molecular weight excluding hydrogens is 342 g/mol. The zero-order valence-corrected chi connectivity index (χ0v) is 15.3. The van der Waals surface area contributed by atoms with Gasteiger partial charge >= 0.3 is 5.97 Å². The molecule has 0 aliphatic heterocycles. The van der Waals surface area contributed by atoms with Gasteiger partial charge in [0.25, 0.3) is 0 Å². The molecule has 0 spiro atoms. The summed E-state index contributed by atoms with van der Waals surface area (Å²) in [7, 11) is 0. The first-order chi connectivity index (χ1) is 13.0. The molecular formula is C22H21NO4. The van der Waals surface area contributed by atoms with Crippen molar-refractivity contribution in [2.24, 2.45) is 10.9 Å². The summed E-state index contributed by atoms with van der Waals surface area (Å²) in [4.78, 5) is 16.3. The van der Waals surface area contributed by atoms with Gasteiger partial charge in [-0.15, -0.1) is 0 Å². The molecule has 5 heteroatoms. The molecule has 1 heterocycles. The van der Waals surface area contributed by atoms with E-state index in [2.05, 4.69) is 4.99 Å². The molecule has 1 aromatic heterocycles. The third kappa shape index (κ3) is 5.07. The van der Waals surface area contributed by atoms with Crippen molar-refractivity contribution in [1.29, 1.82) is 0 Å². The van der Waals surface area contributed by atoms with Crippen LogP contribution in [0.25, 0.3) is 11.3 Å². The van der Waals surface area contributed by atoms with Gasteiger partial charge in [0, 0.05) is 5.56 Å². The van der Waals surface area contributed by atoms with Gasteiger partial charge in [0.2, 0.25) is 0 Å². The highest BCUT2D eigenvalue weighted by Gasteiger charge is 2.09. The molecule has 3 aromatic rings. The van der Waals surface area contributed by atoms with Gasteiger partial charge in [0.1, 0.15) is 17.3 Å². The van der Waals surface area contributed by atoms with Gasteiger partial charge in [-0.25, -0.2) is 4.79 Å². The molecule has 1 N–H and O–H groups in total. The van der Waals surface area contributed by atoms with Crippen LogP contribution in [0.2, 0.25) is 0 Å². The molecule has 2 aromatic carbocycles. The Morgan fingerprint density at radius 2 is 1.78 bits per heavy atom. The largest absolute Gasteiger partial charge is 0.508 e. The first-order valence-corrected chi connectivity index (χ1v) is 8.72. The van der Waals surface area contributed by atoms with Crippen LogP contribution >= 0.6 is 0 Å². The topological polar surface area (TPSA) is 72.0 Å². The van der Waals surface area contributed by atoms with Crippen LogP contribution in [0.15, 0.2) is 70.1 Å². The summed E-state index contributed by atoms with van der Waals surface area (Å²) < 4.78 is 11.0. The number of phenolic OH excluding ortho intramolecular Hbond substituents is 1. The average molecular weight is 363 g/mol. The predicted molar refractivity (Wildman–Crippen MR) is 105 cm³/mol. The SMILES string of the molecule is CC(C)COC(=O)c1ccc(-c2ccc(C=Nc3ccc(O)cc3)o2)cc1. The molecule has 0 amide bonds. The molecule has 0 aliphatic rings. The number of carbonyl (C=O) groups is 1. The Balaban J connectivity index is 1.67. The summed E-state index contributed by atoms with van der Waals surface area (Å²) in [5.41, 5.74) is 2.09. The Kier molecular flexibility index (Phi) is 5.71. The second-order valence-electron chi connectivity index (χ2n) is 6.55. The average Bonchev–Trinajstić information content (AvgIpc) is 3.15. The molecule has 0 bridgehead atoms. The summed E-state index contributed by atoms with van der Waals surface area (Å²) in [5.74, 6) is 1.47. The summed E-state index contributed by atoms with van der Waals surface area (Å²) >= 11 is 0. The van der Waals surface area contributed by atoms with Crippen molar-refractivity contribution >= 4 is 17.9 Å². The highest BCUT2D eigenvalue weighted by Crippen LogP contribution is 2.23. The molecule has 0 atom stereocenters. The van der Waals surface area contributed by atoms with Crippen LogP contribution in [-0.2, 0) is 4.74 Å². The van der Waals surface area contributed by atoms with Crippen molar-refractivity contribution in [3.05, 3.63) is 72.0 Å². The van der Waals surface area contributed by atoms with E-state index in [1.165, 1.54) is 0 Å². The Bertz CT molecular complexity index is 922. The number of hydrogen-bond donors (Lipinski definition) is 1. The van der Waals surface area contributed by atoms with Crippen LogP contribution in [0.5, 0.6) is 5.75 Å². The zero-order valence-electron chi connectivity index (χ0n) is 15.3. The van der Waals surface area contributed by atoms with Crippen molar-refractivity contribution in [1.82, 2.24) is 0 Å². The molecule has 0 saturated carbocycles. The van der Waals surface area contributed by atoms with Crippen molar-refractivity contribution in [2.75, 3.05) is 6.61 Å². The van der Waals surface area contributed by atoms with E-state index in [0.29, 0.717) is 29.6 Å². The minimum absolute atomic E-state index is 0.200. The van der Waals surface area contributed by atoms with E-state index in [-0.39, 0.29) is 11.7 Å². The predicted octanol–water partition coefficient (Wildman–Crippen LogP) is 5.22. The number of nitrogens with zero attached hydrogens (tertiary/aromatic N) is 1. The maximum Gasteiger partial charge on any atom is 0.338 e. The van der Waals surface area contributed by atoms with E-state index in [1.54, 1.807) is 42.6 Å². The Morgan fingerprint density at radius 1 is 1.07 bits per heavy atom. The molecule has 0 radical (unpaired) electrons.